The van der Waals surface area contributed by atoms with Gasteiger partial charge in [0.1, 0.15) is 0 Å². The molecule has 0 aliphatic rings. The molecule has 1 aromatic heterocycles. The van der Waals surface area contributed by atoms with E-state index >= 15 is 0 Å². The fourth-order valence-electron chi connectivity index (χ4n) is 2.15. The molecule has 0 fully saturated rings. The van der Waals surface area contributed by atoms with Gasteiger partial charge in [0.2, 0.25) is 0 Å². The van der Waals surface area contributed by atoms with E-state index in [2.05, 4.69) is 4.98 Å². The lowest BCUT2D eigenvalue weighted by Crippen LogP contribution is -2.04. The number of H-pyrrole nitrogens is 1. The van der Waals surface area contributed by atoms with Crippen LogP contribution in [-0.4, -0.2) is 18.0 Å². The SMILES string of the molecule is Cc1ccc(S(=O)(=O)O)c(CCCc2ccc[nH]2)c1. The summed E-state index contributed by atoms with van der Waals surface area (Å²) in [4.78, 5) is 3.13. The van der Waals surface area contributed by atoms with E-state index in [1.54, 1.807) is 6.07 Å². The summed E-state index contributed by atoms with van der Waals surface area (Å²) < 4.78 is 31.8. The van der Waals surface area contributed by atoms with Crippen LogP contribution < -0.4 is 0 Å². The number of hydrogen-bond acceptors (Lipinski definition) is 2. The Morgan fingerprint density at radius 1 is 1.21 bits per heavy atom. The van der Waals surface area contributed by atoms with Crippen LogP contribution >= 0.6 is 0 Å². The third-order valence-electron chi connectivity index (χ3n) is 3.05. The van der Waals surface area contributed by atoms with Crippen molar-refractivity contribution < 1.29 is 13.0 Å². The molecular weight excluding hydrogens is 262 g/mol. The Morgan fingerprint density at radius 3 is 2.63 bits per heavy atom. The number of rotatable bonds is 5. The molecule has 0 unspecified atom stereocenters. The number of aryl methyl sites for hydroxylation is 3. The van der Waals surface area contributed by atoms with Crippen LogP contribution in [0.5, 0.6) is 0 Å². The summed E-state index contributed by atoms with van der Waals surface area (Å²) >= 11 is 0. The van der Waals surface area contributed by atoms with Gasteiger partial charge in [-0.05, 0) is 49.9 Å². The minimum absolute atomic E-state index is 0.0181. The standard InChI is InChI=1S/C14H17NO3S/c1-11-7-8-14(19(16,17)18)12(10-11)4-2-5-13-6-3-9-15-13/h3,6-10,15H,2,4-5H2,1H3,(H,16,17,18). The smallest absolute Gasteiger partial charge is 0.294 e. The summed E-state index contributed by atoms with van der Waals surface area (Å²) in [6.07, 6.45) is 4.17. The lowest BCUT2D eigenvalue weighted by molar-refractivity contribution is 0.482. The molecule has 102 valence electrons. The van der Waals surface area contributed by atoms with Gasteiger partial charge in [-0.1, -0.05) is 17.7 Å². The van der Waals surface area contributed by atoms with E-state index < -0.39 is 10.1 Å². The summed E-state index contributed by atoms with van der Waals surface area (Å²) in [6.45, 7) is 1.91. The molecule has 2 N–H and O–H groups in total. The number of hydrogen-bond donors (Lipinski definition) is 2. The predicted molar refractivity (Wildman–Crippen MR) is 73.8 cm³/mol. The van der Waals surface area contributed by atoms with Crippen LogP contribution in [0, 0.1) is 6.92 Å². The highest BCUT2D eigenvalue weighted by Crippen LogP contribution is 2.19. The molecule has 0 amide bonds. The van der Waals surface area contributed by atoms with Gasteiger partial charge >= 0.3 is 0 Å². The van der Waals surface area contributed by atoms with Crippen LogP contribution in [0.25, 0.3) is 0 Å². The average molecular weight is 279 g/mol. The Bertz CT molecular complexity index is 645. The largest absolute Gasteiger partial charge is 0.365 e. The van der Waals surface area contributed by atoms with Crippen LogP contribution in [0.15, 0.2) is 41.4 Å². The molecule has 5 heteroatoms. The maximum atomic E-state index is 11.3. The van der Waals surface area contributed by atoms with E-state index in [4.69, 9.17) is 0 Å². The monoisotopic (exact) mass is 279 g/mol. The molecule has 2 rings (SSSR count). The number of nitrogens with one attached hydrogen (secondary N) is 1. The molecule has 0 aliphatic carbocycles. The van der Waals surface area contributed by atoms with Gasteiger partial charge in [-0.3, -0.25) is 4.55 Å². The van der Waals surface area contributed by atoms with E-state index in [0.29, 0.717) is 12.0 Å². The molecule has 19 heavy (non-hydrogen) atoms. The predicted octanol–water partition coefficient (Wildman–Crippen LogP) is 2.75. The third kappa shape index (κ3) is 3.68. The van der Waals surface area contributed by atoms with Crippen LogP contribution in [0.2, 0.25) is 0 Å². The highest BCUT2D eigenvalue weighted by atomic mass is 32.2. The maximum Gasteiger partial charge on any atom is 0.294 e. The Morgan fingerprint density at radius 2 is 2.00 bits per heavy atom. The van der Waals surface area contributed by atoms with Crippen molar-refractivity contribution in [1.82, 2.24) is 4.98 Å². The minimum atomic E-state index is -4.14. The van der Waals surface area contributed by atoms with Gasteiger partial charge < -0.3 is 4.98 Å². The Kier molecular flexibility index (Phi) is 4.07. The zero-order chi connectivity index (χ0) is 13.9. The third-order valence-corrected chi connectivity index (χ3v) is 4.00. The molecule has 0 aliphatic heterocycles. The normalized spacial score (nSPS) is 11.7. The molecule has 0 spiro atoms. The number of aromatic nitrogens is 1. The Balaban J connectivity index is 2.13. The zero-order valence-electron chi connectivity index (χ0n) is 10.8. The van der Waals surface area contributed by atoms with Crippen molar-refractivity contribution in [2.75, 3.05) is 0 Å². The van der Waals surface area contributed by atoms with Crippen molar-refractivity contribution in [2.45, 2.75) is 31.1 Å². The van der Waals surface area contributed by atoms with E-state index in [9.17, 15) is 13.0 Å². The van der Waals surface area contributed by atoms with E-state index in [1.807, 2.05) is 31.3 Å². The highest BCUT2D eigenvalue weighted by Gasteiger charge is 2.14. The molecule has 4 nitrogen and oxygen atoms in total. The van der Waals surface area contributed by atoms with Crippen molar-refractivity contribution in [3.8, 4) is 0 Å². The topological polar surface area (TPSA) is 70.2 Å². The maximum absolute atomic E-state index is 11.3. The fraction of sp³-hybridized carbons (Fsp3) is 0.286. The first-order chi connectivity index (χ1) is 8.97. The fourth-order valence-corrected chi connectivity index (χ4v) is 2.88. The quantitative estimate of drug-likeness (QED) is 0.827. The number of aromatic amines is 1. The first-order valence-corrected chi connectivity index (χ1v) is 7.60. The second kappa shape index (κ2) is 5.59. The van der Waals surface area contributed by atoms with Crippen molar-refractivity contribution in [1.29, 1.82) is 0 Å². The summed E-state index contributed by atoms with van der Waals surface area (Å²) in [7, 11) is -4.14. The van der Waals surface area contributed by atoms with Crippen LogP contribution in [0.3, 0.4) is 0 Å². The van der Waals surface area contributed by atoms with Gasteiger partial charge in [-0.15, -0.1) is 0 Å². The summed E-state index contributed by atoms with van der Waals surface area (Å²) in [6, 6.07) is 8.91. The van der Waals surface area contributed by atoms with Gasteiger partial charge in [-0.25, -0.2) is 0 Å². The van der Waals surface area contributed by atoms with E-state index in [1.165, 1.54) is 6.07 Å². The average Bonchev–Trinajstić information content (AvgIpc) is 2.80. The minimum Gasteiger partial charge on any atom is -0.365 e. The van der Waals surface area contributed by atoms with Crippen molar-refractivity contribution in [2.24, 2.45) is 0 Å². The summed E-state index contributed by atoms with van der Waals surface area (Å²) in [5.41, 5.74) is 2.79. The molecule has 0 saturated carbocycles. The Hall–Kier alpha value is -1.59. The van der Waals surface area contributed by atoms with Crippen LogP contribution in [0.1, 0.15) is 23.2 Å². The molecule has 0 atom stereocenters. The van der Waals surface area contributed by atoms with E-state index in [-0.39, 0.29) is 4.90 Å². The van der Waals surface area contributed by atoms with Crippen molar-refractivity contribution >= 4 is 10.1 Å². The lowest BCUT2D eigenvalue weighted by atomic mass is 10.0. The molecule has 0 radical (unpaired) electrons. The summed E-state index contributed by atoms with van der Waals surface area (Å²) in [5, 5.41) is 0. The first kappa shape index (κ1) is 13.8. The van der Waals surface area contributed by atoms with Crippen LogP contribution in [-0.2, 0) is 23.0 Å². The number of benzene rings is 1. The van der Waals surface area contributed by atoms with Crippen LogP contribution in [0.4, 0.5) is 0 Å². The Labute approximate surface area is 113 Å². The summed E-state index contributed by atoms with van der Waals surface area (Å²) in [5.74, 6) is 0. The second-order valence-corrected chi connectivity index (χ2v) is 6.03. The molecule has 1 aromatic carbocycles. The van der Waals surface area contributed by atoms with Gasteiger partial charge in [0.25, 0.3) is 10.1 Å². The zero-order valence-corrected chi connectivity index (χ0v) is 11.6. The lowest BCUT2D eigenvalue weighted by Gasteiger charge is -2.08. The van der Waals surface area contributed by atoms with Crippen molar-refractivity contribution in [3.63, 3.8) is 0 Å². The molecule has 1 heterocycles. The second-order valence-electron chi connectivity index (χ2n) is 4.64. The van der Waals surface area contributed by atoms with Gasteiger partial charge in [-0.2, -0.15) is 8.42 Å². The highest BCUT2D eigenvalue weighted by molar-refractivity contribution is 7.85. The van der Waals surface area contributed by atoms with Crippen molar-refractivity contribution in [3.05, 3.63) is 53.3 Å². The van der Waals surface area contributed by atoms with Gasteiger partial charge in [0.15, 0.2) is 0 Å². The molecule has 2 aromatic rings. The van der Waals surface area contributed by atoms with Gasteiger partial charge in [0, 0.05) is 11.9 Å². The van der Waals surface area contributed by atoms with E-state index in [0.717, 1.165) is 24.1 Å². The molecule has 0 saturated heterocycles. The van der Waals surface area contributed by atoms with Gasteiger partial charge in [0.05, 0.1) is 4.90 Å². The molecular formula is C14H17NO3S. The first-order valence-electron chi connectivity index (χ1n) is 6.16. The molecule has 0 bridgehead atoms.